The van der Waals surface area contributed by atoms with E-state index in [1.807, 2.05) is 30.3 Å². The summed E-state index contributed by atoms with van der Waals surface area (Å²) in [7, 11) is 0. The lowest BCUT2D eigenvalue weighted by Crippen LogP contribution is -2.17. The molecule has 0 aliphatic rings. The van der Waals surface area contributed by atoms with Gasteiger partial charge >= 0.3 is 0 Å². The second-order valence-corrected chi connectivity index (χ2v) is 16.9. The van der Waals surface area contributed by atoms with Gasteiger partial charge in [0.25, 0.3) is 0 Å². The number of fused-ring (bicyclic) bond motifs is 1. The second-order valence-electron chi connectivity index (χ2n) is 16.9. The normalized spacial score (nSPS) is 20.3. The Morgan fingerprint density at radius 1 is 0.507 bits per heavy atom. The first-order valence-corrected chi connectivity index (χ1v) is 21.3. The van der Waals surface area contributed by atoms with Crippen molar-refractivity contribution in [2.75, 3.05) is 0 Å². The zero-order chi connectivity index (χ0) is 70.8. The molecule has 0 saturated carbocycles. The van der Waals surface area contributed by atoms with Crippen molar-refractivity contribution in [1.29, 1.82) is 0 Å². The number of nitrogens with zero attached hydrogens (tertiary/aromatic N) is 3. The lowest BCUT2D eigenvalue weighted by atomic mass is 9.79. The molecule has 7 aromatic carbocycles. The van der Waals surface area contributed by atoms with Gasteiger partial charge < -0.3 is 5.11 Å². The maximum atomic E-state index is 13.1. The number of phenols is 1. The molecular formula is C63H63N3O. The number of para-hydroxylation sites is 1. The molecule has 0 radical (unpaired) electrons. The average molecular weight is 906 g/mol. The smallest absolute Gasteiger partial charge is 0.149 e. The van der Waals surface area contributed by atoms with Crippen molar-refractivity contribution in [1.82, 2.24) is 14.5 Å². The molecule has 1 N–H and O–H groups in total. The molecule has 67 heavy (non-hydrogen) atoms. The van der Waals surface area contributed by atoms with E-state index in [0.717, 1.165) is 12.1 Å². The van der Waals surface area contributed by atoms with Gasteiger partial charge in [0.2, 0.25) is 0 Å². The van der Waals surface area contributed by atoms with E-state index >= 15 is 0 Å². The van der Waals surface area contributed by atoms with E-state index in [0.29, 0.717) is 61.8 Å². The van der Waals surface area contributed by atoms with Gasteiger partial charge in [0, 0.05) is 67.0 Å². The molecule has 0 saturated heterocycles. The fraction of sp³-hybridized carbons (Fsp3) is 0.238. The van der Waals surface area contributed by atoms with Crippen molar-refractivity contribution >= 4 is 11.0 Å². The summed E-state index contributed by atoms with van der Waals surface area (Å²) in [6.45, 7) is -32.4. The van der Waals surface area contributed by atoms with Gasteiger partial charge in [-0.25, -0.2) is 4.98 Å². The molecule has 0 aliphatic heterocycles. The van der Waals surface area contributed by atoms with Crippen molar-refractivity contribution in [3.63, 3.8) is 0 Å². The van der Waals surface area contributed by atoms with Gasteiger partial charge in [0.15, 0.2) is 0 Å². The van der Waals surface area contributed by atoms with Crippen LogP contribution in [0.2, 0.25) is 0 Å². The van der Waals surface area contributed by atoms with Gasteiger partial charge in [0.05, 0.1) is 22.3 Å². The number of rotatable bonds is 8. The topological polar surface area (TPSA) is 50.9 Å². The van der Waals surface area contributed by atoms with Gasteiger partial charge in [-0.05, 0) is 132 Å². The summed E-state index contributed by atoms with van der Waals surface area (Å²) in [6, 6.07) is 42.3. The predicted molar refractivity (Wildman–Crippen MR) is 283 cm³/mol. The highest BCUT2D eigenvalue weighted by Crippen LogP contribution is 2.45. The molecule has 2 heterocycles. The summed E-state index contributed by atoms with van der Waals surface area (Å²) >= 11 is 0. The van der Waals surface area contributed by atoms with E-state index in [4.69, 9.17) is 47.0 Å². The Bertz CT molecular complexity index is 4220. The van der Waals surface area contributed by atoms with E-state index in [9.17, 15) is 6.48 Å². The van der Waals surface area contributed by atoms with Crippen LogP contribution in [0.25, 0.3) is 83.9 Å². The molecule has 4 heteroatoms. The summed E-state index contributed by atoms with van der Waals surface area (Å²) in [4.78, 5) is 9.83. The van der Waals surface area contributed by atoms with E-state index in [1.165, 1.54) is 22.9 Å². The van der Waals surface area contributed by atoms with Crippen LogP contribution in [0.3, 0.4) is 0 Å². The summed E-state index contributed by atoms with van der Waals surface area (Å²) < 4.78 is 243. The molecule has 2 aromatic heterocycles. The van der Waals surface area contributed by atoms with Crippen LogP contribution in [0, 0.1) is 0 Å². The molecule has 0 unspecified atom stereocenters. The van der Waals surface area contributed by atoms with E-state index in [2.05, 4.69) is 0 Å². The third-order valence-corrected chi connectivity index (χ3v) is 11.8. The van der Waals surface area contributed by atoms with Gasteiger partial charge in [-0.1, -0.05) is 185 Å². The lowest BCUT2D eigenvalue weighted by Gasteiger charge is -2.27. The van der Waals surface area contributed by atoms with Crippen LogP contribution < -0.4 is 0 Å². The van der Waals surface area contributed by atoms with Crippen LogP contribution >= 0.6 is 0 Å². The molecule has 0 amide bonds. The number of imidazole rings is 1. The van der Waals surface area contributed by atoms with Gasteiger partial charge in [-0.3, -0.25) is 9.55 Å². The Kier molecular flexibility index (Phi) is 5.85. The first-order chi connectivity index (χ1) is 43.4. The molecular weight excluding hydrogens is 815 g/mol. The van der Waals surface area contributed by atoms with Crippen LogP contribution in [0.15, 0.2) is 170 Å². The molecule has 9 rings (SSSR count). The van der Waals surface area contributed by atoms with Crippen molar-refractivity contribution in [3.8, 4) is 78.6 Å². The molecule has 0 aliphatic carbocycles. The number of aromatic nitrogens is 3. The first-order valence-electron chi connectivity index (χ1n) is 35.3. The summed E-state index contributed by atoms with van der Waals surface area (Å²) in [5.41, 5.74) is -10.4. The minimum Gasteiger partial charge on any atom is -0.507 e. The van der Waals surface area contributed by atoms with Crippen molar-refractivity contribution < 1.29 is 43.5 Å². The first kappa shape index (κ1) is 22.6. The van der Waals surface area contributed by atoms with Crippen molar-refractivity contribution in [2.45, 2.75) is 97.7 Å². The highest BCUT2D eigenvalue weighted by molar-refractivity contribution is 5.98. The zero-order valence-electron chi connectivity index (χ0n) is 64.5. The SMILES string of the molecule is [2H]C(C)(C)c1cc(-n2c(-c3cc(C(C([2H])([2H])[2H])(C([2H])([2H])[2H])C([2H])([2H])[2H])cc(C(C([2H])([2H])[2H])(C([2H])([2H])[2H])C([2H])([2H])[2H])c3O)nc3c(-c4cc(-c5ccccc5)cc(-c5cc(-c6ccc(C(C([2H])([2H])[2H])(C([2H])([2H])[2H])C([2H])([2H])[2H])cc6)ccn5)c4)cccc32)ccc1-c1ccccc1. The van der Waals surface area contributed by atoms with Gasteiger partial charge in [-0.15, -0.1) is 0 Å². The number of aromatic hydroxyl groups is 1. The largest absolute Gasteiger partial charge is 0.507 e. The van der Waals surface area contributed by atoms with Crippen molar-refractivity contribution in [2.24, 2.45) is 0 Å². The van der Waals surface area contributed by atoms with E-state index < -0.39 is 118 Å². The maximum absolute atomic E-state index is 13.1. The molecule has 9 aromatic rings. The Morgan fingerprint density at radius 2 is 1.15 bits per heavy atom. The number of hydrogen-bond donors (Lipinski definition) is 1. The molecule has 0 fully saturated rings. The van der Waals surface area contributed by atoms with Crippen LogP contribution in [0.5, 0.6) is 5.75 Å². The quantitative estimate of drug-likeness (QED) is 0.165. The Hall–Kier alpha value is -7.04. The van der Waals surface area contributed by atoms with Crippen LogP contribution in [0.1, 0.15) is 142 Å². The summed E-state index contributed by atoms with van der Waals surface area (Å²) in [5, 5.41) is 13.1. The summed E-state index contributed by atoms with van der Waals surface area (Å²) in [5.74, 6) is -3.45. The fourth-order valence-corrected chi connectivity index (χ4v) is 8.44. The Balaban J connectivity index is 1.42. The standard InChI is InChI=1S/C63H63N3O/c1-40(2)53-39-50(29-30-51(53)43-21-16-13-17-22-43)66-57-24-18-23-52(58(57)65-60(66)54-37-49(62(6,7)8)38-55(59(54)67)63(9,10)11)46-33-45(41-19-14-12-15-20-41)34-47(35-46)56-36-44(31-32-64-56)42-25-27-48(28-26-42)61(3,4)5/h12-40,67H,1-11H3/i3D3,4D3,5D3,6D3,7D3,8D3,9D3,10D3,11D3,40D. The summed E-state index contributed by atoms with van der Waals surface area (Å²) in [6.07, 6.45) is 1.47. The minimum atomic E-state index is -4.23. The number of pyridine rings is 1. The average Bonchev–Trinajstić information content (AvgIpc) is 1.05. The molecule has 336 valence electrons. The molecule has 0 bridgehead atoms. The molecule has 4 nitrogen and oxygen atoms in total. The van der Waals surface area contributed by atoms with E-state index in [1.54, 1.807) is 111 Å². The predicted octanol–water partition coefficient (Wildman–Crippen LogP) is 17.1. The van der Waals surface area contributed by atoms with Crippen LogP contribution in [-0.4, -0.2) is 19.6 Å². The fourth-order valence-electron chi connectivity index (χ4n) is 8.44. The van der Waals surface area contributed by atoms with Crippen LogP contribution in [0.4, 0.5) is 0 Å². The molecule has 0 spiro atoms. The second kappa shape index (κ2) is 17.3. The molecule has 0 atom stereocenters. The third kappa shape index (κ3) is 8.98. The van der Waals surface area contributed by atoms with Gasteiger partial charge in [-0.2, -0.15) is 0 Å². The third-order valence-electron chi connectivity index (χ3n) is 11.8. The van der Waals surface area contributed by atoms with Crippen LogP contribution in [-0.2, 0) is 16.2 Å². The highest BCUT2D eigenvalue weighted by atomic mass is 16.3. The number of hydrogen-bond acceptors (Lipinski definition) is 3. The Labute approximate surface area is 437 Å². The lowest BCUT2D eigenvalue weighted by molar-refractivity contribution is 0.446. The number of phenolic OH excluding ortho intramolecular Hbond substituents is 1. The minimum absolute atomic E-state index is 0.00957. The monoisotopic (exact) mass is 906 g/mol. The zero-order valence-corrected chi connectivity index (χ0v) is 36.5. The number of benzene rings is 7. The van der Waals surface area contributed by atoms with Gasteiger partial charge in [0.1, 0.15) is 11.6 Å². The highest BCUT2D eigenvalue weighted by Gasteiger charge is 2.29. The maximum Gasteiger partial charge on any atom is 0.149 e. The van der Waals surface area contributed by atoms with E-state index in [-0.39, 0.29) is 28.4 Å². The Morgan fingerprint density at radius 3 is 1.84 bits per heavy atom. The van der Waals surface area contributed by atoms with Crippen molar-refractivity contribution in [3.05, 3.63) is 192 Å².